The van der Waals surface area contributed by atoms with Crippen LogP contribution in [-0.2, 0) is 9.59 Å². The molecule has 1 aromatic heterocycles. The lowest BCUT2D eigenvalue weighted by Crippen LogP contribution is -2.40. The molecule has 6 nitrogen and oxygen atoms in total. The van der Waals surface area contributed by atoms with E-state index in [1.165, 1.54) is 4.90 Å². The smallest absolute Gasteiger partial charge is 0.293 e. The molecule has 3 heterocycles. The Morgan fingerprint density at radius 2 is 1.97 bits per heavy atom. The number of aromatic nitrogens is 1. The zero-order valence-corrected chi connectivity index (χ0v) is 18.5. The number of thioether (sulfide) groups is 1. The maximum atomic E-state index is 13.0. The van der Waals surface area contributed by atoms with E-state index in [1.54, 1.807) is 24.5 Å². The van der Waals surface area contributed by atoms with Gasteiger partial charge in [0.25, 0.3) is 11.1 Å². The van der Waals surface area contributed by atoms with Crippen molar-refractivity contribution in [1.82, 2.24) is 14.8 Å². The largest absolute Gasteiger partial charge is 0.336 e. The molecule has 1 aromatic carbocycles. The number of pyridine rings is 1. The number of carbonyl (C=O) groups excluding carboxylic acids is 3. The summed E-state index contributed by atoms with van der Waals surface area (Å²) in [5.41, 5.74) is 2.04. The summed E-state index contributed by atoms with van der Waals surface area (Å²) in [5.74, 6) is -0.376. The van der Waals surface area contributed by atoms with Gasteiger partial charge in [0.15, 0.2) is 0 Å². The van der Waals surface area contributed by atoms with Crippen LogP contribution in [0.1, 0.15) is 42.9 Å². The summed E-state index contributed by atoms with van der Waals surface area (Å²) >= 11 is 0.916. The fraction of sp³-hybridized carbons (Fsp3) is 0.280. The number of allylic oxidation sites excluding steroid dienone is 2. The summed E-state index contributed by atoms with van der Waals surface area (Å²) in [6, 6.07) is 13.6. The second kappa shape index (κ2) is 10.4. The topological polar surface area (TPSA) is 70.6 Å². The van der Waals surface area contributed by atoms with E-state index in [9.17, 15) is 14.4 Å². The van der Waals surface area contributed by atoms with Gasteiger partial charge in [-0.3, -0.25) is 24.3 Å². The summed E-state index contributed by atoms with van der Waals surface area (Å²) in [6.07, 6.45) is 11.9. The highest BCUT2D eigenvalue weighted by Crippen LogP contribution is 2.33. The van der Waals surface area contributed by atoms with Crippen molar-refractivity contribution in [3.63, 3.8) is 0 Å². The number of amides is 3. The van der Waals surface area contributed by atoms with E-state index >= 15 is 0 Å². The average molecular weight is 448 g/mol. The van der Waals surface area contributed by atoms with Crippen molar-refractivity contribution in [2.75, 3.05) is 13.1 Å². The minimum atomic E-state index is -0.340. The lowest BCUT2D eigenvalue weighted by atomic mass is 9.96. The van der Waals surface area contributed by atoms with Gasteiger partial charge in [-0.05, 0) is 54.3 Å². The van der Waals surface area contributed by atoms with E-state index in [0.717, 1.165) is 42.2 Å². The molecule has 2 saturated heterocycles. The zero-order valence-electron chi connectivity index (χ0n) is 17.7. The van der Waals surface area contributed by atoms with Crippen LogP contribution in [0.5, 0.6) is 0 Å². The number of rotatable bonds is 6. The summed E-state index contributed by atoms with van der Waals surface area (Å²) in [4.78, 5) is 45.6. The van der Waals surface area contributed by atoms with Crippen molar-refractivity contribution in [3.8, 4) is 0 Å². The van der Waals surface area contributed by atoms with Crippen LogP contribution in [0.4, 0.5) is 4.79 Å². The number of hydrogen-bond acceptors (Lipinski definition) is 5. The molecule has 0 saturated carbocycles. The number of carbonyl (C=O) groups is 3. The highest BCUT2D eigenvalue weighted by atomic mass is 32.2. The lowest BCUT2D eigenvalue weighted by Gasteiger charge is -2.36. The van der Waals surface area contributed by atoms with Crippen molar-refractivity contribution < 1.29 is 14.4 Å². The van der Waals surface area contributed by atoms with Crippen LogP contribution in [0.15, 0.2) is 71.9 Å². The SMILES string of the molecule is O=C1S/C(=C\C=C\c2ccccc2)C(=O)N1CCC(=O)N1CCCC[C@H]1c1cccnc1. The monoisotopic (exact) mass is 447 g/mol. The van der Waals surface area contributed by atoms with E-state index in [1.807, 2.05) is 53.4 Å². The average Bonchev–Trinajstić information content (AvgIpc) is 3.11. The van der Waals surface area contributed by atoms with Crippen molar-refractivity contribution in [2.45, 2.75) is 31.7 Å². The Balaban J connectivity index is 1.37. The molecule has 2 aromatic rings. The minimum absolute atomic E-state index is 0.00267. The van der Waals surface area contributed by atoms with Crippen LogP contribution in [0.3, 0.4) is 0 Å². The van der Waals surface area contributed by atoms with Crippen LogP contribution in [0, 0.1) is 0 Å². The molecule has 7 heteroatoms. The Labute approximate surface area is 192 Å². The predicted molar refractivity (Wildman–Crippen MR) is 125 cm³/mol. The molecule has 1 atom stereocenters. The second-order valence-electron chi connectivity index (χ2n) is 7.76. The second-order valence-corrected chi connectivity index (χ2v) is 8.75. The van der Waals surface area contributed by atoms with Gasteiger partial charge in [0.1, 0.15) is 0 Å². The van der Waals surface area contributed by atoms with E-state index in [4.69, 9.17) is 0 Å². The Bertz CT molecular complexity index is 1040. The molecule has 32 heavy (non-hydrogen) atoms. The summed E-state index contributed by atoms with van der Waals surface area (Å²) in [7, 11) is 0. The first-order valence-corrected chi connectivity index (χ1v) is 11.6. The zero-order chi connectivity index (χ0) is 22.3. The van der Waals surface area contributed by atoms with E-state index in [-0.39, 0.29) is 36.1 Å². The lowest BCUT2D eigenvalue weighted by molar-refractivity contribution is -0.135. The van der Waals surface area contributed by atoms with Gasteiger partial charge >= 0.3 is 0 Å². The number of benzene rings is 1. The van der Waals surface area contributed by atoms with Crippen LogP contribution < -0.4 is 0 Å². The molecule has 2 aliphatic rings. The fourth-order valence-electron chi connectivity index (χ4n) is 4.02. The number of hydrogen-bond donors (Lipinski definition) is 0. The highest BCUT2D eigenvalue weighted by molar-refractivity contribution is 8.18. The molecule has 0 radical (unpaired) electrons. The van der Waals surface area contributed by atoms with Gasteiger partial charge in [0, 0.05) is 31.9 Å². The first kappa shape index (κ1) is 22.0. The molecule has 2 aliphatic heterocycles. The Hall–Kier alpha value is -3.19. The molecular weight excluding hydrogens is 422 g/mol. The molecule has 164 valence electrons. The van der Waals surface area contributed by atoms with Crippen LogP contribution >= 0.6 is 11.8 Å². The number of piperidine rings is 1. The number of imide groups is 1. The molecule has 0 bridgehead atoms. The van der Waals surface area contributed by atoms with Crippen LogP contribution in [0.2, 0.25) is 0 Å². The number of nitrogens with zero attached hydrogens (tertiary/aromatic N) is 3. The molecule has 4 rings (SSSR count). The highest BCUT2D eigenvalue weighted by Gasteiger charge is 2.36. The van der Waals surface area contributed by atoms with E-state index in [2.05, 4.69) is 4.98 Å². The van der Waals surface area contributed by atoms with Gasteiger partial charge in [-0.2, -0.15) is 0 Å². The minimum Gasteiger partial charge on any atom is -0.336 e. The van der Waals surface area contributed by atoms with E-state index in [0.29, 0.717) is 11.4 Å². The summed E-state index contributed by atoms with van der Waals surface area (Å²) in [6.45, 7) is 0.782. The van der Waals surface area contributed by atoms with Gasteiger partial charge in [-0.25, -0.2) is 0 Å². The Kier molecular flexibility index (Phi) is 7.17. The van der Waals surface area contributed by atoms with Gasteiger partial charge < -0.3 is 4.90 Å². The van der Waals surface area contributed by atoms with E-state index < -0.39 is 0 Å². The van der Waals surface area contributed by atoms with Gasteiger partial charge in [0.05, 0.1) is 10.9 Å². The number of likely N-dealkylation sites (tertiary alicyclic amines) is 1. The first-order chi connectivity index (χ1) is 15.6. The molecular formula is C25H25N3O3S. The third kappa shape index (κ3) is 5.16. The standard InChI is InChI=1S/C25H25N3O3S/c29-23(27-16-5-4-12-21(27)20-11-7-15-26-18-20)14-17-28-24(30)22(32-25(28)31)13-6-10-19-8-2-1-3-9-19/h1-3,6-11,13,15,18,21H,4-5,12,14,16-17H2/b10-6+,22-13-/t21-/m0/s1. The Morgan fingerprint density at radius 3 is 2.75 bits per heavy atom. The third-order valence-electron chi connectivity index (χ3n) is 5.65. The van der Waals surface area contributed by atoms with Crippen molar-refractivity contribution >= 4 is 34.9 Å². The molecule has 0 unspecified atom stereocenters. The van der Waals surface area contributed by atoms with Crippen molar-refractivity contribution in [2.24, 2.45) is 0 Å². The van der Waals surface area contributed by atoms with Crippen LogP contribution in [0.25, 0.3) is 6.08 Å². The maximum absolute atomic E-state index is 13.0. The van der Waals surface area contributed by atoms with Gasteiger partial charge in [-0.15, -0.1) is 0 Å². The molecule has 0 spiro atoms. The van der Waals surface area contributed by atoms with Gasteiger partial charge in [-0.1, -0.05) is 48.6 Å². The predicted octanol–water partition coefficient (Wildman–Crippen LogP) is 4.82. The summed E-state index contributed by atoms with van der Waals surface area (Å²) < 4.78 is 0. The molecule has 3 amide bonds. The van der Waals surface area contributed by atoms with Crippen molar-refractivity contribution in [1.29, 1.82) is 0 Å². The summed E-state index contributed by atoms with van der Waals surface area (Å²) in [5, 5.41) is -0.329. The molecule has 0 aliphatic carbocycles. The van der Waals surface area contributed by atoms with Crippen LogP contribution in [-0.4, -0.2) is 44.9 Å². The third-order valence-corrected chi connectivity index (χ3v) is 6.58. The molecule has 0 N–H and O–H groups in total. The Morgan fingerprint density at radius 1 is 1.12 bits per heavy atom. The molecule has 2 fully saturated rings. The fourth-order valence-corrected chi connectivity index (χ4v) is 4.84. The van der Waals surface area contributed by atoms with Gasteiger partial charge in [0.2, 0.25) is 5.91 Å². The quantitative estimate of drug-likeness (QED) is 0.594. The normalized spacial score (nSPS) is 20.5. The first-order valence-electron chi connectivity index (χ1n) is 10.8. The van der Waals surface area contributed by atoms with Crippen molar-refractivity contribution in [3.05, 3.63) is 83.0 Å². The maximum Gasteiger partial charge on any atom is 0.293 e.